The van der Waals surface area contributed by atoms with Gasteiger partial charge in [-0.2, -0.15) is 0 Å². The number of ether oxygens (including phenoxy) is 1. The zero-order valence-corrected chi connectivity index (χ0v) is 12.2. The van der Waals surface area contributed by atoms with Crippen LogP contribution in [0.2, 0.25) is 0 Å². The fourth-order valence-electron chi connectivity index (χ4n) is 3.54. The van der Waals surface area contributed by atoms with E-state index in [1.165, 1.54) is 11.1 Å². The van der Waals surface area contributed by atoms with Crippen LogP contribution < -0.4 is 4.74 Å². The molecule has 0 amide bonds. The number of aromatic hydroxyl groups is 1. The van der Waals surface area contributed by atoms with E-state index in [0.717, 1.165) is 31.5 Å². The van der Waals surface area contributed by atoms with E-state index in [1.54, 1.807) is 18.1 Å². The van der Waals surface area contributed by atoms with Crippen LogP contribution in [0.15, 0.2) is 23.6 Å². The third-order valence-electron chi connectivity index (χ3n) is 4.52. The summed E-state index contributed by atoms with van der Waals surface area (Å²) in [5, 5.41) is 12.2. The third-order valence-corrected chi connectivity index (χ3v) is 5.52. The lowest BCUT2D eigenvalue weighted by molar-refractivity contribution is 0.159. The second-order valence-electron chi connectivity index (χ2n) is 5.50. The lowest BCUT2D eigenvalue weighted by atomic mass is 9.87. The molecule has 1 aromatic heterocycles. The first-order valence-electron chi connectivity index (χ1n) is 6.96. The van der Waals surface area contributed by atoms with E-state index in [9.17, 15) is 5.11 Å². The van der Waals surface area contributed by atoms with Crippen LogP contribution in [0, 0.1) is 0 Å². The molecule has 0 saturated carbocycles. The Hall–Kier alpha value is -1.52. The van der Waals surface area contributed by atoms with Crippen LogP contribution in [-0.2, 0) is 19.4 Å². The van der Waals surface area contributed by atoms with Gasteiger partial charge in [-0.05, 0) is 41.5 Å². The summed E-state index contributed by atoms with van der Waals surface area (Å²) < 4.78 is 5.40. The molecule has 0 radical (unpaired) electrons. The minimum atomic E-state index is 0.248. The highest BCUT2D eigenvalue weighted by molar-refractivity contribution is 7.10. The number of rotatable bonds is 1. The molecule has 1 atom stereocenters. The zero-order valence-electron chi connectivity index (χ0n) is 11.4. The molecule has 0 fully saturated rings. The van der Waals surface area contributed by atoms with Crippen LogP contribution in [0.4, 0.5) is 0 Å². The molecule has 4 rings (SSSR count). The van der Waals surface area contributed by atoms with Gasteiger partial charge in [0.05, 0.1) is 7.11 Å². The van der Waals surface area contributed by atoms with Crippen LogP contribution in [0.3, 0.4) is 0 Å². The number of fused-ring (bicyclic) bond motifs is 4. The maximum atomic E-state index is 9.95. The van der Waals surface area contributed by atoms with Crippen molar-refractivity contribution >= 4 is 11.3 Å². The zero-order chi connectivity index (χ0) is 13.7. The summed E-state index contributed by atoms with van der Waals surface area (Å²) in [5.74, 6) is 0.898. The van der Waals surface area contributed by atoms with Crippen molar-refractivity contribution in [2.75, 3.05) is 13.7 Å². The number of hydrogen-bond acceptors (Lipinski definition) is 4. The Kier molecular flexibility index (Phi) is 2.75. The van der Waals surface area contributed by atoms with E-state index < -0.39 is 0 Å². The Labute approximate surface area is 122 Å². The summed E-state index contributed by atoms with van der Waals surface area (Å²) in [6, 6.07) is 6.57. The van der Waals surface area contributed by atoms with E-state index in [4.69, 9.17) is 4.74 Å². The Morgan fingerprint density at radius 2 is 2.25 bits per heavy atom. The minimum Gasteiger partial charge on any atom is -0.504 e. The van der Waals surface area contributed by atoms with E-state index in [0.29, 0.717) is 11.8 Å². The average molecular weight is 287 g/mol. The highest BCUT2D eigenvalue weighted by Gasteiger charge is 2.34. The molecule has 1 N–H and O–H groups in total. The second kappa shape index (κ2) is 4.50. The number of phenols is 1. The number of hydrogen-bond donors (Lipinski definition) is 1. The number of nitrogens with zero attached hydrogens (tertiary/aromatic N) is 1. The molecule has 0 aliphatic carbocycles. The summed E-state index contributed by atoms with van der Waals surface area (Å²) in [6.07, 6.45) is 2.15. The van der Waals surface area contributed by atoms with Gasteiger partial charge in [-0.25, -0.2) is 0 Å². The Balaban J connectivity index is 1.79. The highest BCUT2D eigenvalue weighted by atomic mass is 32.1. The smallest absolute Gasteiger partial charge is 0.165 e. The molecule has 0 saturated heterocycles. The van der Waals surface area contributed by atoms with Crippen molar-refractivity contribution in [3.8, 4) is 11.5 Å². The first kappa shape index (κ1) is 12.2. The molecule has 1 aromatic carbocycles. The second-order valence-corrected chi connectivity index (χ2v) is 6.50. The van der Waals surface area contributed by atoms with Crippen LogP contribution >= 0.6 is 11.3 Å². The Morgan fingerprint density at radius 3 is 3.10 bits per heavy atom. The summed E-state index contributed by atoms with van der Waals surface area (Å²) in [7, 11) is 1.63. The van der Waals surface area contributed by atoms with Gasteiger partial charge >= 0.3 is 0 Å². The maximum Gasteiger partial charge on any atom is 0.165 e. The van der Waals surface area contributed by atoms with Crippen molar-refractivity contribution in [2.45, 2.75) is 25.4 Å². The standard InChI is InChI=1S/C16H17NO2S/c1-19-16-12-9-17-6-4-15-11(5-7-20-15)13(17)8-10(12)2-3-14(16)18/h2-3,5,7,13,18H,4,6,8-9H2,1H3/t13-/m1/s1. The van der Waals surface area contributed by atoms with Crippen molar-refractivity contribution in [3.05, 3.63) is 45.1 Å². The molecule has 3 nitrogen and oxygen atoms in total. The molecule has 0 unspecified atom stereocenters. The van der Waals surface area contributed by atoms with Gasteiger partial charge in [0, 0.05) is 29.6 Å². The summed E-state index contributed by atoms with van der Waals surface area (Å²) >= 11 is 1.88. The first-order chi connectivity index (χ1) is 9.78. The number of thiophene rings is 1. The highest BCUT2D eigenvalue weighted by Crippen LogP contribution is 2.44. The van der Waals surface area contributed by atoms with Gasteiger partial charge in [-0.1, -0.05) is 6.07 Å². The predicted molar refractivity (Wildman–Crippen MR) is 79.5 cm³/mol. The number of methoxy groups -OCH3 is 1. The van der Waals surface area contributed by atoms with E-state index in [2.05, 4.69) is 16.3 Å². The van der Waals surface area contributed by atoms with E-state index in [-0.39, 0.29) is 5.75 Å². The Morgan fingerprint density at radius 1 is 1.35 bits per heavy atom. The normalized spacial score (nSPS) is 20.9. The van der Waals surface area contributed by atoms with Gasteiger partial charge in [0.2, 0.25) is 0 Å². The molecule has 4 heteroatoms. The number of phenolic OH excluding ortho intramolecular Hbond substituents is 1. The molecular formula is C16H17NO2S. The van der Waals surface area contributed by atoms with E-state index >= 15 is 0 Å². The number of benzene rings is 1. The van der Waals surface area contributed by atoms with Gasteiger partial charge < -0.3 is 9.84 Å². The van der Waals surface area contributed by atoms with Crippen molar-refractivity contribution in [1.29, 1.82) is 0 Å². The van der Waals surface area contributed by atoms with Gasteiger partial charge in [0.15, 0.2) is 11.5 Å². The van der Waals surface area contributed by atoms with Gasteiger partial charge in [0.1, 0.15) is 0 Å². The fraction of sp³-hybridized carbons (Fsp3) is 0.375. The summed E-state index contributed by atoms with van der Waals surface area (Å²) in [4.78, 5) is 4.06. The molecule has 0 spiro atoms. The molecule has 2 aliphatic rings. The van der Waals surface area contributed by atoms with Crippen LogP contribution in [-0.4, -0.2) is 23.7 Å². The van der Waals surface area contributed by atoms with E-state index in [1.807, 2.05) is 17.4 Å². The fourth-order valence-corrected chi connectivity index (χ4v) is 4.46. The first-order valence-corrected chi connectivity index (χ1v) is 7.84. The van der Waals surface area contributed by atoms with Gasteiger partial charge in [-0.3, -0.25) is 4.90 Å². The largest absolute Gasteiger partial charge is 0.504 e. The summed E-state index contributed by atoms with van der Waals surface area (Å²) in [5.41, 5.74) is 3.96. The summed E-state index contributed by atoms with van der Waals surface area (Å²) in [6.45, 7) is 1.96. The molecule has 104 valence electrons. The topological polar surface area (TPSA) is 32.7 Å². The molecular weight excluding hydrogens is 270 g/mol. The molecule has 20 heavy (non-hydrogen) atoms. The molecule has 2 aromatic rings. The van der Waals surface area contributed by atoms with Crippen molar-refractivity contribution in [3.63, 3.8) is 0 Å². The lowest BCUT2D eigenvalue weighted by Crippen LogP contribution is -2.38. The lowest BCUT2D eigenvalue weighted by Gasteiger charge is -2.40. The van der Waals surface area contributed by atoms with Crippen LogP contribution in [0.1, 0.15) is 27.6 Å². The van der Waals surface area contributed by atoms with Gasteiger partial charge in [0.25, 0.3) is 0 Å². The van der Waals surface area contributed by atoms with Crippen molar-refractivity contribution < 1.29 is 9.84 Å². The minimum absolute atomic E-state index is 0.248. The predicted octanol–water partition coefficient (Wildman–Crippen LogP) is 3.12. The Bertz CT molecular complexity index is 664. The molecule has 2 aliphatic heterocycles. The van der Waals surface area contributed by atoms with Gasteiger partial charge in [-0.15, -0.1) is 11.3 Å². The average Bonchev–Trinajstić information content (AvgIpc) is 2.94. The molecule has 0 bridgehead atoms. The monoisotopic (exact) mass is 287 g/mol. The van der Waals surface area contributed by atoms with Crippen molar-refractivity contribution in [2.24, 2.45) is 0 Å². The van der Waals surface area contributed by atoms with Crippen LogP contribution in [0.25, 0.3) is 0 Å². The quantitative estimate of drug-likeness (QED) is 0.874. The molecule has 3 heterocycles. The van der Waals surface area contributed by atoms with Crippen molar-refractivity contribution in [1.82, 2.24) is 4.90 Å². The SMILES string of the molecule is COc1c(O)ccc2c1CN1CCc3sccc3[C@H]1C2. The third kappa shape index (κ3) is 1.68. The van der Waals surface area contributed by atoms with Crippen LogP contribution in [0.5, 0.6) is 11.5 Å². The maximum absolute atomic E-state index is 9.95.